The van der Waals surface area contributed by atoms with Crippen molar-refractivity contribution < 1.29 is 13.2 Å². The molecule has 1 aliphatic rings. The second-order valence-corrected chi connectivity index (χ2v) is 9.63. The summed E-state index contributed by atoms with van der Waals surface area (Å²) in [6.45, 7) is 7.95. The number of hydrogen-bond donors (Lipinski definition) is 1. The monoisotopic (exact) mass is 422 g/mol. The maximum absolute atomic E-state index is 12.8. The van der Waals surface area contributed by atoms with Crippen LogP contribution in [-0.2, 0) is 16.6 Å². The molecule has 1 aromatic heterocycles. The molecule has 0 unspecified atom stereocenters. The van der Waals surface area contributed by atoms with Crippen molar-refractivity contribution >= 4 is 27.3 Å². The molecule has 0 aliphatic carbocycles. The molecule has 152 valence electrons. The SMILES string of the molecule is CCNS(=O)(=O)c1ccc(C(=O)N2CCCN(Cc3csc(C)n3)CC2)cc1. The summed E-state index contributed by atoms with van der Waals surface area (Å²) in [6.07, 6.45) is 0.905. The lowest BCUT2D eigenvalue weighted by Gasteiger charge is -2.21. The van der Waals surface area contributed by atoms with E-state index in [4.69, 9.17) is 0 Å². The highest BCUT2D eigenvalue weighted by Gasteiger charge is 2.21. The Kier molecular flexibility index (Phi) is 6.82. The lowest BCUT2D eigenvalue weighted by atomic mass is 10.2. The number of nitrogens with zero attached hydrogens (tertiary/aromatic N) is 3. The Bertz CT molecular complexity index is 910. The first kappa shape index (κ1) is 20.9. The van der Waals surface area contributed by atoms with Crippen molar-refractivity contribution in [2.24, 2.45) is 0 Å². The Hall–Kier alpha value is -1.81. The van der Waals surface area contributed by atoms with Gasteiger partial charge in [-0.2, -0.15) is 0 Å². The zero-order valence-corrected chi connectivity index (χ0v) is 17.9. The first-order valence-corrected chi connectivity index (χ1v) is 11.8. The summed E-state index contributed by atoms with van der Waals surface area (Å²) in [7, 11) is -3.51. The summed E-state index contributed by atoms with van der Waals surface area (Å²) in [6, 6.07) is 6.15. The largest absolute Gasteiger partial charge is 0.337 e. The number of benzene rings is 1. The zero-order valence-electron chi connectivity index (χ0n) is 16.2. The van der Waals surface area contributed by atoms with Gasteiger partial charge in [-0.05, 0) is 37.6 Å². The van der Waals surface area contributed by atoms with Crippen LogP contribution in [0.5, 0.6) is 0 Å². The molecule has 1 N–H and O–H groups in total. The van der Waals surface area contributed by atoms with Gasteiger partial charge in [0.2, 0.25) is 10.0 Å². The maximum atomic E-state index is 12.8. The van der Waals surface area contributed by atoms with Crippen LogP contribution in [0.25, 0.3) is 0 Å². The molecule has 2 heterocycles. The number of aryl methyl sites for hydroxylation is 1. The van der Waals surface area contributed by atoms with Crippen LogP contribution in [0, 0.1) is 6.92 Å². The van der Waals surface area contributed by atoms with Crippen LogP contribution in [0.2, 0.25) is 0 Å². The number of carbonyl (C=O) groups is 1. The van der Waals surface area contributed by atoms with E-state index >= 15 is 0 Å². The molecule has 1 amide bonds. The molecule has 3 rings (SSSR count). The van der Waals surface area contributed by atoms with Crippen molar-refractivity contribution in [2.75, 3.05) is 32.7 Å². The molecule has 1 saturated heterocycles. The number of sulfonamides is 1. The lowest BCUT2D eigenvalue weighted by Crippen LogP contribution is -2.35. The fourth-order valence-corrected chi connectivity index (χ4v) is 4.92. The van der Waals surface area contributed by atoms with Crippen molar-refractivity contribution in [3.63, 3.8) is 0 Å². The Morgan fingerprint density at radius 1 is 1.18 bits per heavy atom. The predicted octanol–water partition coefficient (Wildman–Crippen LogP) is 2.10. The molecule has 0 bridgehead atoms. The van der Waals surface area contributed by atoms with Crippen molar-refractivity contribution in [3.05, 3.63) is 45.9 Å². The van der Waals surface area contributed by atoms with Gasteiger partial charge < -0.3 is 4.90 Å². The van der Waals surface area contributed by atoms with Crippen LogP contribution in [-0.4, -0.2) is 61.8 Å². The Morgan fingerprint density at radius 3 is 2.57 bits per heavy atom. The molecular weight excluding hydrogens is 396 g/mol. The van der Waals surface area contributed by atoms with Gasteiger partial charge in [0.1, 0.15) is 0 Å². The number of rotatable bonds is 6. The molecule has 9 heteroatoms. The molecular formula is C19H26N4O3S2. The molecule has 0 saturated carbocycles. The molecule has 0 atom stereocenters. The fourth-order valence-electron chi connectivity index (χ4n) is 3.27. The van der Waals surface area contributed by atoms with Crippen molar-refractivity contribution in [1.29, 1.82) is 0 Å². The second-order valence-electron chi connectivity index (χ2n) is 6.81. The van der Waals surface area contributed by atoms with Crippen LogP contribution in [0.4, 0.5) is 0 Å². The van der Waals surface area contributed by atoms with Crippen LogP contribution >= 0.6 is 11.3 Å². The van der Waals surface area contributed by atoms with Gasteiger partial charge in [-0.15, -0.1) is 11.3 Å². The van der Waals surface area contributed by atoms with Gasteiger partial charge in [-0.3, -0.25) is 9.69 Å². The number of amides is 1. The maximum Gasteiger partial charge on any atom is 0.253 e. The Labute approximate surface area is 170 Å². The van der Waals surface area contributed by atoms with Gasteiger partial charge >= 0.3 is 0 Å². The van der Waals surface area contributed by atoms with Crippen LogP contribution in [0.1, 0.15) is 34.4 Å². The van der Waals surface area contributed by atoms with Gasteiger partial charge in [0, 0.05) is 50.2 Å². The summed E-state index contributed by atoms with van der Waals surface area (Å²) < 4.78 is 26.5. The molecule has 7 nitrogen and oxygen atoms in total. The van der Waals surface area contributed by atoms with E-state index in [1.165, 1.54) is 12.1 Å². The minimum atomic E-state index is -3.51. The van der Waals surface area contributed by atoms with E-state index in [1.807, 2.05) is 11.8 Å². The summed E-state index contributed by atoms with van der Waals surface area (Å²) in [5, 5.41) is 3.16. The fraction of sp³-hybridized carbons (Fsp3) is 0.474. The van der Waals surface area contributed by atoms with E-state index in [0.29, 0.717) is 25.2 Å². The number of aromatic nitrogens is 1. The first-order valence-electron chi connectivity index (χ1n) is 9.41. The standard InChI is InChI=1S/C19H26N4O3S2/c1-3-20-28(25,26)18-7-5-16(6-8-18)19(24)23-10-4-9-22(11-12-23)13-17-14-27-15(2)21-17/h5-8,14,20H,3-4,9-13H2,1-2H3. The molecule has 1 aromatic carbocycles. The van der Waals surface area contributed by atoms with Crippen LogP contribution in [0.15, 0.2) is 34.5 Å². The average Bonchev–Trinajstić information content (AvgIpc) is 2.94. The highest BCUT2D eigenvalue weighted by atomic mass is 32.2. The quantitative estimate of drug-likeness (QED) is 0.771. The Morgan fingerprint density at radius 2 is 1.93 bits per heavy atom. The van der Waals surface area contributed by atoms with Crippen LogP contribution < -0.4 is 4.72 Å². The molecule has 2 aromatic rings. The first-order chi connectivity index (χ1) is 13.4. The molecule has 1 fully saturated rings. The third-order valence-electron chi connectivity index (χ3n) is 4.67. The third-order valence-corrected chi connectivity index (χ3v) is 7.06. The van der Waals surface area contributed by atoms with Crippen molar-refractivity contribution in [3.8, 4) is 0 Å². The van der Waals surface area contributed by atoms with Gasteiger partial charge in [0.05, 0.1) is 15.6 Å². The highest BCUT2D eigenvalue weighted by molar-refractivity contribution is 7.89. The summed E-state index contributed by atoms with van der Waals surface area (Å²) >= 11 is 1.66. The van der Waals surface area contributed by atoms with E-state index in [0.717, 1.165) is 36.8 Å². The molecule has 0 radical (unpaired) electrons. The average molecular weight is 423 g/mol. The summed E-state index contributed by atoms with van der Waals surface area (Å²) in [4.78, 5) is 21.7. The number of nitrogens with one attached hydrogen (secondary N) is 1. The minimum absolute atomic E-state index is 0.0567. The zero-order chi connectivity index (χ0) is 20.1. The number of hydrogen-bond acceptors (Lipinski definition) is 6. The third kappa shape index (κ3) is 5.16. The van der Waals surface area contributed by atoms with E-state index < -0.39 is 10.0 Å². The van der Waals surface area contributed by atoms with Crippen molar-refractivity contribution in [2.45, 2.75) is 31.7 Å². The second kappa shape index (κ2) is 9.13. The lowest BCUT2D eigenvalue weighted by molar-refractivity contribution is 0.0761. The van der Waals surface area contributed by atoms with Gasteiger partial charge in [0.25, 0.3) is 5.91 Å². The number of carbonyl (C=O) groups excluding carboxylic acids is 1. The Balaban J connectivity index is 1.61. The van der Waals surface area contributed by atoms with E-state index in [9.17, 15) is 13.2 Å². The van der Waals surface area contributed by atoms with E-state index in [2.05, 4.69) is 20.0 Å². The van der Waals surface area contributed by atoms with Gasteiger partial charge in [-0.25, -0.2) is 18.1 Å². The van der Waals surface area contributed by atoms with Gasteiger partial charge in [-0.1, -0.05) is 6.92 Å². The van der Waals surface area contributed by atoms with E-state index in [-0.39, 0.29) is 10.8 Å². The minimum Gasteiger partial charge on any atom is -0.337 e. The van der Waals surface area contributed by atoms with Crippen LogP contribution in [0.3, 0.4) is 0 Å². The smallest absolute Gasteiger partial charge is 0.253 e. The molecule has 28 heavy (non-hydrogen) atoms. The predicted molar refractivity (Wildman–Crippen MR) is 110 cm³/mol. The topological polar surface area (TPSA) is 82.6 Å². The normalized spacial score (nSPS) is 16.1. The van der Waals surface area contributed by atoms with Crippen molar-refractivity contribution in [1.82, 2.24) is 19.5 Å². The molecule has 0 spiro atoms. The number of thiazole rings is 1. The highest BCUT2D eigenvalue weighted by Crippen LogP contribution is 2.15. The summed E-state index contributed by atoms with van der Waals surface area (Å²) in [5.41, 5.74) is 1.60. The van der Waals surface area contributed by atoms with E-state index in [1.54, 1.807) is 30.4 Å². The van der Waals surface area contributed by atoms with Gasteiger partial charge in [0.15, 0.2) is 0 Å². The molecule has 1 aliphatic heterocycles. The summed E-state index contributed by atoms with van der Waals surface area (Å²) in [5.74, 6) is -0.0567.